The molecule has 1 rings (SSSR count). The summed E-state index contributed by atoms with van der Waals surface area (Å²) in [6, 6.07) is 0. The van der Waals surface area contributed by atoms with Gasteiger partial charge in [0.2, 0.25) is 0 Å². The molecule has 0 aromatic carbocycles. The van der Waals surface area contributed by atoms with Gasteiger partial charge >= 0.3 is 5.97 Å². The molecule has 0 saturated carbocycles. The Morgan fingerprint density at radius 1 is 1.33 bits per heavy atom. The van der Waals surface area contributed by atoms with E-state index in [4.69, 9.17) is 0 Å². The molecular weight excluding hydrogens is 222 g/mol. The first-order valence-electron chi connectivity index (χ1n) is 4.55. The van der Waals surface area contributed by atoms with Crippen molar-refractivity contribution in [3.63, 3.8) is 0 Å². The van der Waals surface area contributed by atoms with Crippen LogP contribution in [0, 0.1) is 0 Å². The van der Waals surface area contributed by atoms with E-state index in [0.29, 0.717) is 13.1 Å². The molecule has 88 valence electrons. The van der Waals surface area contributed by atoms with Gasteiger partial charge in [0, 0.05) is 20.0 Å². The number of hydrogen-bond donors (Lipinski definition) is 2. The average Bonchev–Trinajstić information content (AvgIpc) is 2.14. The van der Waals surface area contributed by atoms with E-state index in [1.807, 2.05) is 0 Å². The monoisotopic (exact) mass is 237 g/mol. The second kappa shape index (κ2) is 4.82. The fourth-order valence-corrected chi connectivity index (χ4v) is 2.46. The lowest BCUT2D eigenvalue weighted by molar-refractivity contribution is -0.150. The Morgan fingerprint density at radius 2 is 1.87 bits per heavy atom. The van der Waals surface area contributed by atoms with E-state index < -0.39 is 16.6 Å². The molecular formula is C8H15NO5S. The lowest BCUT2D eigenvalue weighted by atomic mass is 10.4. The Hall–Kier alpha value is -0.790. The Morgan fingerprint density at radius 3 is 2.33 bits per heavy atom. The quantitative estimate of drug-likeness (QED) is 0.667. The fraction of sp³-hybridized carbons (Fsp3) is 0.750. The minimum atomic E-state index is -2.48. The zero-order chi connectivity index (χ0) is 11.5. The van der Waals surface area contributed by atoms with E-state index in [-0.39, 0.29) is 24.0 Å². The maximum Gasteiger partial charge on any atom is 0.303 e. The zero-order valence-corrected chi connectivity index (χ0v) is 9.33. The summed E-state index contributed by atoms with van der Waals surface area (Å²) in [6.45, 7) is 1.58. The van der Waals surface area contributed by atoms with E-state index >= 15 is 0 Å². The summed E-state index contributed by atoms with van der Waals surface area (Å²) < 4.78 is 23.2. The number of amides is 1. The van der Waals surface area contributed by atoms with Crippen LogP contribution < -0.4 is 0 Å². The number of rotatable bonds is 2. The molecule has 6 nitrogen and oxygen atoms in total. The van der Waals surface area contributed by atoms with Crippen LogP contribution in [0.1, 0.15) is 6.92 Å². The van der Waals surface area contributed by atoms with E-state index in [1.54, 1.807) is 0 Å². The van der Waals surface area contributed by atoms with Crippen LogP contribution in [0.15, 0.2) is 0 Å². The molecule has 0 atom stereocenters. The van der Waals surface area contributed by atoms with Crippen LogP contribution in [0.2, 0.25) is 0 Å². The number of hydrogen-bond acceptors (Lipinski definition) is 5. The first kappa shape index (κ1) is 12.3. The highest BCUT2D eigenvalue weighted by Gasteiger charge is 2.25. The van der Waals surface area contributed by atoms with E-state index in [2.05, 4.69) is 4.74 Å². The molecule has 0 aliphatic carbocycles. The molecule has 0 unspecified atom stereocenters. The van der Waals surface area contributed by atoms with Crippen molar-refractivity contribution in [3.05, 3.63) is 0 Å². The zero-order valence-electron chi connectivity index (χ0n) is 8.51. The van der Waals surface area contributed by atoms with Crippen molar-refractivity contribution < 1.29 is 23.4 Å². The Bertz CT molecular complexity index is 258. The van der Waals surface area contributed by atoms with Crippen LogP contribution in [0.5, 0.6) is 0 Å². The van der Waals surface area contributed by atoms with Gasteiger partial charge < -0.3 is 9.64 Å². The predicted octanol–water partition coefficient (Wildman–Crippen LogP) is 0.142. The summed E-state index contributed by atoms with van der Waals surface area (Å²) in [5, 5.41) is 0. The summed E-state index contributed by atoms with van der Waals surface area (Å²) in [6.07, 6.45) is 0. The molecule has 1 aliphatic heterocycles. The SMILES string of the molecule is CC(=O)OCC(=O)N1CCS(O)(O)CC1. The lowest BCUT2D eigenvalue weighted by Crippen LogP contribution is -2.43. The van der Waals surface area contributed by atoms with Gasteiger partial charge in [0.25, 0.3) is 5.91 Å². The summed E-state index contributed by atoms with van der Waals surface area (Å²) >= 11 is 0. The van der Waals surface area contributed by atoms with Crippen LogP contribution in [-0.2, 0) is 14.3 Å². The molecule has 0 aromatic rings. The molecule has 1 saturated heterocycles. The molecule has 0 bridgehead atoms. The molecule has 1 aliphatic rings. The normalized spacial score (nSPS) is 21.9. The molecule has 1 fully saturated rings. The highest BCUT2D eigenvalue weighted by molar-refractivity contribution is 8.24. The van der Waals surface area contributed by atoms with Gasteiger partial charge in [0.15, 0.2) is 6.61 Å². The van der Waals surface area contributed by atoms with Gasteiger partial charge in [-0.15, -0.1) is 0 Å². The van der Waals surface area contributed by atoms with Crippen molar-refractivity contribution in [2.45, 2.75) is 6.92 Å². The third-order valence-electron chi connectivity index (χ3n) is 2.13. The van der Waals surface area contributed by atoms with Crippen LogP contribution >= 0.6 is 10.6 Å². The van der Waals surface area contributed by atoms with Gasteiger partial charge in [-0.05, 0) is 0 Å². The molecule has 1 heterocycles. The molecule has 1 amide bonds. The smallest absolute Gasteiger partial charge is 0.303 e. The number of nitrogens with zero attached hydrogens (tertiary/aromatic N) is 1. The fourth-order valence-electron chi connectivity index (χ4n) is 1.23. The van der Waals surface area contributed by atoms with Crippen LogP contribution in [0.4, 0.5) is 0 Å². The van der Waals surface area contributed by atoms with E-state index in [1.165, 1.54) is 11.8 Å². The molecule has 7 heteroatoms. The van der Waals surface area contributed by atoms with Gasteiger partial charge in [-0.2, -0.15) is 10.6 Å². The van der Waals surface area contributed by atoms with Crippen molar-refractivity contribution in [2.75, 3.05) is 31.2 Å². The molecule has 0 spiro atoms. The topological polar surface area (TPSA) is 87.1 Å². The number of ether oxygens (including phenoxy) is 1. The van der Waals surface area contributed by atoms with Crippen LogP contribution in [0.3, 0.4) is 0 Å². The highest BCUT2D eigenvalue weighted by atomic mass is 32.3. The van der Waals surface area contributed by atoms with Crippen molar-refractivity contribution >= 4 is 22.5 Å². The Balaban J connectivity index is 2.33. The third-order valence-corrected chi connectivity index (χ3v) is 3.80. The first-order valence-corrected chi connectivity index (χ1v) is 6.44. The van der Waals surface area contributed by atoms with Crippen molar-refractivity contribution in [1.82, 2.24) is 4.90 Å². The van der Waals surface area contributed by atoms with Gasteiger partial charge in [0.1, 0.15) is 0 Å². The lowest BCUT2D eigenvalue weighted by Gasteiger charge is -2.40. The van der Waals surface area contributed by atoms with E-state index in [0.717, 1.165) is 0 Å². The number of carbonyl (C=O) groups is 2. The van der Waals surface area contributed by atoms with Gasteiger partial charge in [-0.3, -0.25) is 18.7 Å². The maximum atomic E-state index is 11.4. The minimum absolute atomic E-state index is 0.207. The molecule has 2 N–H and O–H groups in total. The number of carbonyl (C=O) groups excluding carboxylic acids is 2. The minimum Gasteiger partial charge on any atom is -0.456 e. The van der Waals surface area contributed by atoms with Crippen molar-refractivity contribution in [3.8, 4) is 0 Å². The number of esters is 1. The summed E-state index contributed by atoms with van der Waals surface area (Å²) in [5.74, 6) is -0.373. The van der Waals surface area contributed by atoms with Gasteiger partial charge in [0.05, 0.1) is 11.5 Å². The molecule has 15 heavy (non-hydrogen) atoms. The molecule has 0 radical (unpaired) electrons. The first-order chi connectivity index (χ1) is 6.91. The van der Waals surface area contributed by atoms with Crippen LogP contribution in [0.25, 0.3) is 0 Å². The van der Waals surface area contributed by atoms with Crippen LogP contribution in [-0.4, -0.2) is 57.1 Å². The highest BCUT2D eigenvalue weighted by Crippen LogP contribution is 2.40. The Kier molecular flexibility index (Phi) is 3.95. The second-order valence-corrected chi connectivity index (χ2v) is 5.79. The van der Waals surface area contributed by atoms with Gasteiger partial charge in [-0.25, -0.2) is 0 Å². The summed E-state index contributed by atoms with van der Waals surface area (Å²) in [4.78, 5) is 23.3. The van der Waals surface area contributed by atoms with Gasteiger partial charge in [-0.1, -0.05) is 0 Å². The van der Waals surface area contributed by atoms with Crippen molar-refractivity contribution in [1.29, 1.82) is 0 Å². The standard InChI is InChI=1S/C8H15NO5S/c1-7(10)14-6-8(11)9-2-4-15(12,13)5-3-9/h12-13H,2-6H2,1H3. The molecule has 0 aromatic heterocycles. The summed E-state index contributed by atoms with van der Waals surface area (Å²) in [5.41, 5.74) is 0. The second-order valence-electron chi connectivity index (χ2n) is 3.37. The van der Waals surface area contributed by atoms with E-state index in [9.17, 15) is 18.7 Å². The van der Waals surface area contributed by atoms with Crippen molar-refractivity contribution in [2.24, 2.45) is 0 Å². The Labute approximate surface area is 89.6 Å². The maximum absolute atomic E-state index is 11.4. The predicted molar refractivity (Wildman–Crippen MR) is 55.8 cm³/mol. The summed E-state index contributed by atoms with van der Waals surface area (Å²) in [7, 11) is -2.48. The third kappa shape index (κ3) is 4.06. The largest absolute Gasteiger partial charge is 0.456 e. The average molecular weight is 237 g/mol.